The third kappa shape index (κ3) is 2.27. The molecular weight excluding hydrogens is 332 g/mol. The minimum atomic E-state index is -2.92. The van der Waals surface area contributed by atoms with Crippen LogP contribution in [0, 0.1) is 13.7 Å². The summed E-state index contributed by atoms with van der Waals surface area (Å²) in [5.74, 6) is -0.630. The molecule has 0 bridgehead atoms. The Morgan fingerprint density at radius 2 is 2.21 bits per heavy atom. The molecule has 0 spiro atoms. The molecule has 0 saturated carbocycles. The van der Waals surface area contributed by atoms with Crippen molar-refractivity contribution in [2.75, 3.05) is 0 Å². The van der Waals surface area contributed by atoms with Gasteiger partial charge in [-0.3, -0.25) is 0 Å². The largest absolute Gasteiger partial charge is 0.365 e. The van der Waals surface area contributed by atoms with Crippen molar-refractivity contribution in [2.24, 2.45) is 0 Å². The van der Waals surface area contributed by atoms with Crippen LogP contribution in [0.4, 0.5) is 14.6 Å². The van der Waals surface area contributed by atoms with Gasteiger partial charge in [-0.25, -0.2) is 8.78 Å². The van der Waals surface area contributed by atoms with Crippen LogP contribution in [0.15, 0.2) is 6.07 Å². The Bertz CT molecular complexity index is 388. The smallest absolute Gasteiger partial charge is 0.358 e. The summed E-state index contributed by atoms with van der Waals surface area (Å²) in [5, 5.41) is 10.0. The first kappa shape index (κ1) is 11.5. The number of aromatic nitrogens is 1. The van der Waals surface area contributed by atoms with Gasteiger partial charge in [-0.2, -0.15) is 0 Å². The third-order valence-corrected chi connectivity index (χ3v) is 2.89. The van der Waals surface area contributed by atoms with Crippen molar-refractivity contribution in [1.29, 1.82) is 0 Å². The first-order valence-electron chi connectivity index (χ1n) is 3.22. The van der Waals surface area contributed by atoms with E-state index in [9.17, 15) is 18.9 Å². The third-order valence-electron chi connectivity index (χ3n) is 1.32. The summed E-state index contributed by atoms with van der Waals surface area (Å²) in [5.41, 5.74) is -0.759. The Morgan fingerprint density at radius 1 is 1.64 bits per heavy atom. The van der Waals surface area contributed by atoms with Crippen LogP contribution in [-0.4, -0.2) is 9.91 Å². The van der Waals surface area contributed by atoms with Crippen LogP contribution in [0.5, 0.6) is 0 Å². The first-order valence-corrected chi connectivity index (χ1v) is 4.67. The van der Waals surface area contributed by atoms with E-state index in [1.54, 1.807) is 22.6 Å². The highest BCUT2D eigenvalue weighted by molar-refractivity contribution is 14.1. The van der Waals surface area contributed by atoms with E-state index in [4.69, 9.17) is 11.6 Å². The average molecular weight is 334 g/mol. The van der Waals surface area contributed by atoms with Crippen molar-refractivity contribution >= 4 is 40.0 Å². The highest BCUT2D eigenvalue weighted by Crippen LogP contribution is 2.31. The Kier molecular flexibility index (Phi) is 3.53. The second-order valence-electron chi connectivity index (χ2n) is 2.22. The summed E-state index contributed by atoms with van der Waals surface area (Å²) >= 11 is 7.12. The number of pyridine rings is 1. The van der Waals surface area contributed by atoms with E-state index < -0.39 is 22.9 Å². The van der Waals surface area contributed by atoms with Gasteiger partial charge in [-0.1, -0.05) is 11.6 Å². The number of hydrogen-bond donors (Lipinski definition) is 0. The minimum absolute atomic E-state index is 0.182. The number of halogens is 4. The maximum absolute atomic E-state index is 12.3. The van der Waals surface area contributed by atoms with E-state index in [1.807, 2.05) is 0 Å². The standard InChI is InChI=1S/C6H2ClF2IN2O2/c7-4-2(10)1-3(12(13)14)11-5(4)6(8)9/h1,6H. The summed E-state index contributed by atoms with van der Waals surface area (Å²) in [6.07, 6.45) is -2.92. The molecule has 0 unspecified atom stereocenters. The lowest BCUT2D eigenvalue weighted by atomic mass is 10.3. The minimum Gasteiger partial charge on any atom is -0.358 e. The lowest BCUT2D eigenvalue weighted by Gasteiger charge is -2.00. The van der Waals surface area contributed by atoms with Crippen molar-refractivity contribution in [3.8, 4) is 0 Å². The van der Waals surface area contributed by atoms with E-state index in [1.165, 1.54) is 0 Å². The fourth-order valence-corrected chi connectivity index (χ4v) is 1.48. The second kappa shape index (κ2) is 4.30. The van der Waals surface area contributed by atoms with E-state index >= 15 is 0 Å². The van der Waals surface area contributed by atoms with Gasteiger partial charge >= 0.3 is 12.2 Å². The monoisotopic (exact) mass is 334 g/mol. The van der Waals surface area contributed by atoms with E-state index in [0.717, 1.165) is 6.07 Å². The van der Waals surface area contributed by atoms with Gasteiger partial charge < -0.3 is 10.1 Å². The molecule has 1 rings (SSSR count). The maximum Gasteiger partial charge on any atom is 0.365 e. The number of hydrogen-bond acceptors (Lipinski definition) is 3. The van der Waals surface area contributed by atoms with Gasteiger partial charge in [-0.15, -0.1) is 0 Å². The van der Waals surface area contributed by atoms with Gasteiger partial charge in [-0.05, 0) is 32.5 Å². The van der Waals surface area contributed by atoms with Crippen molar-refractivity contribution < 1.29 is 13.7 Å². The SMILES string of the molecule is O=[N+]([O-])c1cc(I)c(Cl)c(C(F)F)n1. The maximum atomic E-state index is 12.3. The van der Waals surface area contributed by atoms with Crippen LogP contribution in [0.1, 0.15) is 12.1 Å². The molecule has 0 radical (unpaired) electrons. The molecule has 4 nitrogen and oxygen atoms in total. The number of nitro groups is 1. The first-order chi connectivity index (χ1) is 6.43. The predicted molar refractivity (Wildman–Crippen MR) is 53.6 cm³/mol. The second-order valence-corrected chi connectivity index (χ2v) is 3.76. The average Bonchev–Trinajstić information content (AvgIpc) is 2.08. The van der Waals surface area contributed by atoms with Gasteiger partial charge in [0.25, 0.3) is 0 Å². The summed E-state index contributed by atoms with van der Waals surface area (Å²) in [7, 11) is 0. The Labute approximate surface area is 95.6 Å². The topological polar surface area (TPSA) is 56.0 Å². The van der Waals surface area contributed by atoms with Crippen molar-refractivity contribution in [2.45, 2.75) is 6.43 Å². The molecule has 0 aromatic carbocycles. The molecule has 1 heterocycles. The summed E-state index contributed by atoms with van der Waals surface area (Å²) in [6.45, 7) is 0. The normalized spacial score (nSPS) is 10.6. The van der Waals surface area contributed by atoms with Crippen LogP contribution >= 0.6 is 34.2 Å². The summed E-state index contributed by atoms with van der Waals surface area (Å²) < 4.78 is 24.7. The van der Waals surface area contributed by atoms with Crippen molar-refractivity contribution in [3.63, 3.8) is 0 Å². The molecule has 0 aliphatic heterocycles. The van der Waals surface area contributed by atoms with Gasteiger partial charge in [0.15, 0.2) is 0 Å². The molecule has 1 aromatic rings. The summed E-state index contributed by atoms with van der Waals surface area (Å²) in [6, 6.07) is 1.04. The van der Waals surface area contributed by atoms with Gasteiger partial charge in [0.1, 0.15) is 5.02 Å². The van der Waals surface area contributed by atoms with E-state index in [2.05, 4.69) is 4.98 Å². The predicted octanol–water partition coefficient (Wildman–Crippen LogP) is 3.19. The molecular formula is C6H2ClF2IN2O2. The highest BCUT2D eigenvalue weighted by atomic mass is 127. The number of nitrogens with zero attached hydrogens (tertiary/aromatic N) is 2. The molecule has 0 amide bonds. The quantitative estimate of drug-likeness (QED) is 0.474. The number of rotatable bonds is 2. The molecule has 0 fully saturated rings. The Balaban J connectivity index is 3.35. The summed E-state index contributed by atoms with van der Waals surface area (Å²) in [4.78, 5) is 12.6. The molecule has 0 aliphatic carbocycles. The zero-order valence-corrected chi connectivity index (χ0v) is 9.29. The van der Waals surface area contributed by atoms with Crippen LogP contribution in [0.3, 0.4) is 0 Å². The lowest BCUT2D eigenvalue weighted by molar-refractivity contribution is -0.389. The van der Waals surface area contributed by atoms with E-state index in [0.29, 0.717) is 0 Å². The fourth-order valence-electron chi connectivity index (χ4n) is 0.742. The van der Waals surface area contributed by atoms with Gasteiger partial charge in [0.05, 0.1) is 6.07 Å². The van der Waals surface area contributed by atoms with Crippen molar-refractivity contribution in [3.05, 3.63) is 30.5 Å². The van der Waals surface area contributed by atoms with Crippen LogP contribution in [0.2, 0.25) is 5.02 Å². The lowest BCUT2D eigenvalue weighted by Crippen LogP contribution is -1.99. The van der Waals surface area contributed by atoms with Crippen LogP contribution < -0.4 is 0 Å². The van der Waals surface area contributed by atoms with Crippen LogP contribution in [0.25, 0.3) is 0 Å². The molecule has 0 aliphatic rings. The molecule has 0 N–H and O–H groups in total. The number of alkyl halides is 2. The Morgan fingerprint density at radius 3 is 2.64 bits per heavy atom. The zero-order chi connectivity index (χ0) is 10.9. The fraction of sp³-hybridized carbons (Fsp3) is 0.167. The molecule has 0 atom stereocenters. The van der Waals surface area contributed by atoms with Crippen LogP contribution in [-0.2, 0) is 0 Å². The van der Waals surface area contributed by atoms with Gasteiger partial charge in [0.2, 0.25) is 5.69 Å². The molecule has 8 heteroatoms. The van der Waals surface area contributed by atoms with Gasteiger partial charge in [0, 0.05) is 3.57 Å². The Hall–Kier alpha value is -0.570. The van der Waals surface area contributed by atoms with Crippen molar-refractivity contribution in [1.82, 2.24) is 4.98 Å². The molecule has 1 aromatic heterocycles. The zero-order valence-electron chi connectivity index (χ0n) is 6.38. The molecule has 14 heavy (non-hydrogen) atoms. The molecule has 76 valence electrons. The van der Waals surface area contributed by atoms with E-state index in [-0.39, 0.29) is 8.59 Å². The highest BCUT2D eigenvalue weighted by Gasteiger charge is 2.25. The molecule has 0 saturated heterocycles.